The molecule has 3 aromatic rings. The first-order valence-electron chi connectivity index (χ1n) is 8.04. The zero-order chi connectivity index (χ0) is 18.0. The van der Waals surface area contributed by atoms with Crippen LogP contribution in [0.1, 0.15) is 19.4 Å². The van der Waals surface area contributed by atoms with Crippen LogP contribution >= 0.6 is 11.6 Å². The predicted molar refractivity (Wildman–Crippen MR) is 103 cm³/mol. The zero-order valence-electron chi connectivity index (χ0n) is 14.1. The van der Waals surface area contributed by atoms with Gasteiger partial charge in [0.25, 0.3) is 5.69 Å². The van der Waals surface area contributed by atoms with Crippen molar-refractivity contribution < 1.29 is 4.92 Å². The Hall–Kier alpha value is -2.59. The average molecular weight is 355 g/mol. The molecule has 5 heteroatoms. The van der Waals surface area contributed by atoms with Crippen molar-refractivity contribution in [2.75, 3.05) is 5.32 Å². The van der Waals surface area contributed by atoms with Gasteiger partial charge in [0.1, 0.15) is 0 Å². The summed E-state index contributed by atoms with van der Waals surface area (Å²) in [7, 11) is 0. The van der Waals surface area contributed by atoms with E-state index in [4.69, 9.17) is 11.6 Å². The van der Waals surface area contributed by atoms with Gasteiger partial charge in [-0.3, -0.25) is 10.1 Å². The number of rotatable bonds is 5. The highest BCUT2D eigenvalue weighted by atomic mass is 35.5. The van der Waals surface area contributed by atoms with Crippen LogP contribution in [0.3, 0.4) is 0 Å². The van der Waals surface area contributed by atoms with Crippen molar-refractivity contribution in [1.82, 2.24) is 0 Å². The molecule has 128 valence electrons. The van der Waals surface area contributed by atoms with Crippen molar-refractivity contribution in [2.45, 2.75) is 25.8 Å². The van der Waals surface area contributed by atoms with E-state index in [0.29, 0.717) is 10.7 Å². The van der Waals surface area contributed by atoms with E-state index in [2.05, 4.69) is 49.5 Å². The van der Waals surface area contributed by atoms with E-state index in [0.717, 1.165) is 6.42 Å². The van der Waals surface area contributed by atoms with E-state index in [9.17, 15) is 10.1 Å². The van der Waals surface area contributed by atoms with Crippen LogP contribution < -0.4 is 5.32 Å². The van der Waals surface area contributed by atoms with Crippen LogP contribution in [0.5, 0.6) is 0 Å². The van der Waals surface area contributed by atoms with E-state index in [1.807, 2.05) is 12.1 Å². The van der Waals surface area contributed by atoms with Gasteiger partial charge in [-0.05, 0) is 42.7 Å². The Balaban J connectivity index is 1.80. The summed E-state index contributed by atoms with van der Waals surface area (Å²) in [5.41, 5.74) is 1.64. The van der Waals surface area contributed by atoms with Gasteiger partial charge in [0, 0.05) is 17.7 Å². The summed E-state index contributed by atoms with van der Waals surface area (Å²) < 4.78 is 0. The Labute approximate surface area is 151 Å². The molecule has 0 aliphatic heterocycles. The van der Waals surface area contributed by atoms with E-state index in [1.54, 1.807) is 6.07 Å². The van der Waals surface area contributed by atoms with Gasteiger partial charge in [0.05, 0.1) is 15.6 Å². The number of nitro benzene ring substituents is 1. The molecular weight excluding hydrogens is 336 g/mol. The number of halogens is 1. The third kappa shape index (κ3) is 4.09. The molecule has 0 aromatic heterocycles. The van der Waals surface area contributed by atoms with Gasteiger partial charge < -0.3 is 5.32 Å². The van der Waals surface area contributed by atoms with Crippen LogP contribution in [0.4, 0.5) is 11.4 Å². The molecule has 3 rings (SSSR count). The molecule has 0 bridgehead atoms. The first kappa shape index (κ1) is 17.2. The topological polar surface area (TPSA) is 55.2 Å². The molecule has 0 atom stereocenters. The number of non-ortho nitro benzene ring substituents is 1. The molecule has 0 radical (unpaired) electrons. The molecule has 0 aliphatic carbocycles. The molecule has 1 N–H and O–H groups in total. The van der Waals surface area contributed by atoms with Gasteiger partial charge in [0.2, 0.25) is 0 Å². The van der Waals surface area contributed by atoms with Crippen LogP contribution in [0.2, 0.25) is 5.02 Å². The molecule has 4 nitrogen and oxygen atoms in total. The lowest BCUT2D eigenvalue weighted by molar-refractivity contribution is -0.384. The van der Waals surface area contributed by atoms with Crippen LogP contribution in [-0.4, -0.2) is 10.5 Å². The van der Waals surface area contributed by atoms with Gasteiger partial charge in [-0.1, -0.05) is 54.1 Å². The first-order chi connectivity index (χ1) is 11.8. The Kier molecular flexibility index (Phi) is 4.64. The smallest absolute Gasteiger partial charge is 0.271 e. The minimum atomic E-state index is -0.449. The molecule has 0 saturated carbocycles. The highest BCUT2D eigenvalue weighted by molar-refractivity contribution is 6.33. The van der Waals surface area contributed by atoms with E-state index < -0.39 is 4.92 Å². The Morgan fingerprint density at radius 3 is 2.44 bits per heavy atom. The highest BCUT2D eigenvalue weighted by Crippen LogP contribution is 2.30. The second-order valence-electron chi connectivity index (χ2n) is 6.79. The largest absolute Gasteiger partial charge is 0.379 e. The van der Waals surface area contributed by atoms with Crippen molar-refractivity contribution in [2.24, 2.45) is 0 Å². The van der Waals surface area contributed by atoms with Gasteiger partial charge in [-0.15, -0.1) is 0 Å². The second kappa shape index (κ2) is 6.73. The van der Waals surface area contributed by atoms with Crippen molar-refractivity contribution in [1.29, 1.82) is 0 Å². The van der Waals surface area contributed by atoms with Crippen LogP contribution in [-0.2, 0) is 6.42 Å². The standard InChI is InChI=1S/C20H19ClN2O2/c1-20(2,22-19-10-9-17(23(24)25)12-18(19)21)13-14-7-8-15-5-3-4-6-16(15)11-14/h3-12,22H,13H2,1-2H3. The second-order valence-corrected chi connectivity index (χ2v) is 7.20. The lowest BCUT2D eigenvalue weighted by Crippen LogP contribution is -2.33. The fourth-order valence-corrected chi connectivity index (χ4v) is 3.21. The SMILES string of the molecule is CC(C)(Cc1ccc2ccccc2c1)Nc1ccc([N+](=O)[O-])cc1Cl. The monoisotopic (exact) mass is 354 g/mol. The lowest BCUT2D eigenvalue weighted by Gasteiger charge is -2.28. The summed E-state index contributed by atoms with van der Waals surface area (Å²) in [4.78, 5) is 10.4. The van der Waals surface area contributed by atoms with Crippen molar-refractivity contribution in [3.8, 4) is 0 Å². The zero-order valence-corrected chi connectivity index (χ0v) is 14.9. The fourth-order valence-electron chi connectivity index (χ4n) is 2.99. The third-order valence-electron chi connectivity index (χ3n) is 4.10. The number of benzene rings is 3. The van der Waals surface area contributed by atoms with E-state index in [-0.39, 0.29) is 11.2 Å². The predicted octanol–water partition coefficient (Wildman–Crippen LogP) is 5.83. The van der Waals surface area contributed by atoms with Crippen LogP contribution in [0.15, 0.2) is 60.7 Å². The summed E-state index contributed by atoms with van der Waals surface area (Å²) >= 11 is 6.19. The van der Waals surface area contributed by atoms with Crippen LogP contribution in [0, 0.1) is 10.1 Å². The number of nitro groups is 1. The quantitative estimate of drug-likeness (QED) is 0.463. The normalized spacial score (nSPS) is 11.5. The van der Waals surface area contributed by atoms with Gasteiger partial charge in [0.15, 0.2) is 0 Å². The summed E-state index contributed by atoms with van der Waals surface area (Å²) in [6.45, 7) is 4.17. The van der Waals surface area contributed by atoms with Crippen LogP contribution in [0.25, 0.3) is 10.8 Å². The number of nitrogens with zero attached hydrogens (tertiary/aromatic N) is 1. The summed E-state index contributed by atoms with van der Waals surface area (Å²) in [5.74, 6) is 0. The summed E-state index contributed by atoms with van der Waals surface area (Å²) in [5, 5.41) is 17.0. The molecule has 0 heterocycles. The number of anilines is 1. The van der Waals surface area contributed by atoms with Crippen molar-refractivity contribution in [3.63, 3.8) is 0 Å². The maximum Gasteiger partial charge on any atom is 0.271 e. The fraction of sp³-hybridized carbons (Fsp3) is 0.200. The molecule has 0 amide bonds. The van der Waals surface area contributed by atoms with Gasteiger partial charge >= 0.3 is 0 Å². The summed E-state index contributed by atoms with van der Waals surface area (Å²) in [6, 6.07) is 19.2. The number of nitrogens with one attached hydrogen (secondary N) is 1. The lowest BCUT2D eigenvalue weighted by atomic mass is 9.93. The molecule has 0 spiro atoms. The number of fused-ring (bicyclic) bond motifs is 1. The van der Waals surface area contributed by atoms with E-state index >= 15 is 0 Å². The number of hydrogen-bond acceptors (Lipinski definition) is 3. The molecule has 0 unspecified atom stereocenters. The Bertz CT molecular complexity index is 938. The Morgan fingerprint density at radius 2 is 1.76 bits per heavy atom. The summed E-state index contributed by atoms with van der Waals surface area (Å²) in [6.07, 6.45) is 0.797. The van der Waals surface area contributed by atoms with Gasteiger partial charge in [-0.2, -0.15) is 0 Å². The molecule has 0 saturated heterocycles. The average Bonchev–Trinajstić information content (AvgIpc) is 2.56. The molecule has 25 heavy (non-hydrogen) atoms. The maximum atomic E-state index is 10.8. The minimum Gasteiger partial charge on any atom is -0.379 e. The highest BCUT2D eigenvalue weighted by Gasteiger charge is 2.20. The Morgan fingerprint density at radius 1 is 1.04 bits per heavy atom. The minimum absolute atomic E-state index is 0.0112. The third-order valence-corrected chi connectivity index (χ3v) is 4.41. The molecular formula is C20H19ClN2O2. The maximum absolute atomic E-state index is 10.8. The van der Waals surface area contributed by atoms with Gasteiger partial charge in [-0.25, -0.2) is 0 Å². The molecule has 0 fully saturated rings. The van der Waals surface area contributed by atoms with Crippen molar-refractivity contribution >= 4 is 33.7 Å². The number of hydrogen-bond donors (Lipinski definition) is 1. The first-order valence-corrected chi connectivity index (χ1v) is 8.42. The van der Waals surface area contributed by atoms with Crippen molar-refractivity contribution in [3.05, 3.63) is 81.4 Å². The van der Waals surface area contributed by atoms with E-state index in [1.165, 1.54) is 28.5 Å². The molecule has 0 aliphatic rings. The molecule has 3 aromatic carbocycles.